The molecule has 30 heavy (non-hydrogen) atoms. The number of carbonyl (C=O) groups is 1. The van der Waals surface area contributed by atoms with Crippen LogP contribution in [0.2, 0.25) is 0 Å². The number of nitrogens with two attached hydrogens (primary N) is 1. The van der Waals surface area contributed by atoms with Gasteiger partial charge in [0, 0.05) is 23.7 Å². The Bertz CT molecular complexity index is 1120. The quantitative estimate of drug-likeness (QED) is 0.682. The van der Waals surface area contributed by atoms with Crippen molar-refractivity contribution in [1.29, 1.82) is 0 Å². The normalized spacial score (nSPS) is 18.6. The Balaban J connectivity index is 1.70. The van der Waals surface area contributed by atoms with Crippen molar-refractivity contribution in [2.45, 2.75) is 76.5 Å². The highest BCUT2D eigenvalue weighted by atomic mass is 32.2. The molecule has 0 saturated carbocycles. The number of carbonyl (C=O) groups excluding carboxylic acids is 1. The molecule has 1 atom stereocenters. The summed E-state index contributed by atoms with van der Waals surface area (Å²) in [5.41, 5.74) is 5.34. The molecule has 2 aliphatic rings. The number of rotatable bonds is 4. The molecule has 2 aromatic rings. The number of anilines is 1. The molecule has 0 saturated heterocycles. The monoisotopic (exact) mass is 432 g/mol. The smallest absolute Gasteiger partial charge is 0.354 e. The van der Waals surface area contributed by atoms with E-state index in [-0.39, 0.29) is 17.0 Å². The highest BCUT2D eigenvalue weighted by Gasteiger charge is 2.36. The second kappa shape index (κ2) is 7.44. The van der Waals surface area contributed by atoms with Crippen molar-refractivity contribution < 1.29 is 14.1 Å². The van der Waals surface area contributed by atoms with E-state index in [0.717, 1.165) is 60.3 Å². The van der Waals surface area contributed by atoms with Crippen molar-refractivity contribution in [2.75, 3.05) is 5.32 Å². The van der Waals surface area contributed by atoms with Crippen LogP contribution in [0.15, 0.2) is 15.5 Å². The second-order valence-corrected chi connectivity index (χ2v) is 10.3. The zero-order valence-corrected chi connectivity index (χ0v) is 18.4. The van der Waals surface area contributed by atoms with Crippen LogP contribution in [0.25, 0.3) is 0 Å². The number of pyridine rings is 1. The molecule has 0 bridgehead atoms. The highest BCUT2D eigenvalue weighted by Crippen LogP contribution is 2.44. The maximum Gasteiger partial charge on any atom is 0.354 e. The summed E-state index contributed by atoms with van der Waals surface area (Å²) in [6, 6.07) is 0.666. The molecule has 2 heterocycles. The summed E-state index contributed by atoms with van der Waals surface area (Å²) in [5, 5.41) is 22.3. The average molecular weight is 433 g/mol. The predicted molar refractivity (Wildman–Crippen MR) is 113 cm³/mol. The summed E-state index contributed by atoms with van der Waals surface area (Å²) in [4.78, 5) is 17.7. The topological polar surface area (TPSA) is 135 Å². The third-order valence-corrected chi connectivity index (χ3v) is 7.25. The van der Waals surface area contributed by atoms with Crippen molar-refractivity contribution in [3.05, 3.63) is 34.3 Å². The highest BCUT2D eigenvalue weighted by molar-refractivity contribution is 7.91. The van der Waals surface area contributed by atoms with Gasteiger partial charge in [0.05, 0.1) is 23.7 Å². The predicted octanol–water partition coefficient (Wildman–Crippen LogP) is 2.44. The number of aromatic nitrogens is 3. The van der Waals surface area contributed by atoms with Crippen molar-refractivity contribution >= 4 is 21.6 Å². The molecular formula is C20H28N6O3S. The number of amides is 2. The van der Waals surface area contributed by atoms with E-state index in [1.807, 2.05) is 6.92 Å². The maximum absolute atomic E-state index is 12.9. The largest absolute Gasteiger partial charge is 0.390 e. The lowest BCUT2D eigenvalue weighted by Gasteiger charge is -2.20. The number of hydrogen-bond donors (Lipinski definition) is 3. The Kier molecular flexibility index (Phi) is 5.19. The van der Waals surface area contributed by atoms with Gasteiger partial charge in [0.2, 0.25) is 0 Å². The van der Waals surface area contributed by atoms with Gasteiger partial charge in [-0.25, -0.2) is 14.1 Å². The van der Waals surface area contributed by atoms with Gasteiger partial charge in [0.25, 0.3) is 0 Å². The zero-order chi connectivity index (χ0) is 21.7. The SMILES string of the molecule is CCn1nc([S@@](N)(=O)=NC(=O)Nc2c3c(nc4c2CCC4(C)C)CCC3)cc1CO. The lowest BCUT2D eigenvalue weighted by Crippen LogP contribution is -2.20. The van der Waals surface area contributed by atoms with Crippen LogP contribution in [0.4, 0.5) is 10.5 Å². The number of nitrogens with zero attached hydrogens (tertiary/aromatic N) is 4. The van der Waals surface area contributed by atoms with Gasteiger partial charge in [-0.1, -0.05) is 13.8 Å². The fourth-order valence-corrected chi connectivity index (χ4v) is 5.31. The van der Waals surface area contributed by atoms with Crippen LogP contribution in [0, 0.1) is 0 Å². The van der Waals surface area contributed by atoms with Gasteiger partial charge in [-0.2, -0.15) is 5.10 Å². The molecule has 4 rings (SSSR count). The summed E-state index contributed by atoms with van der Waals surface area (Å²) in [6.07, 6.45) is 4.54. The molecule has 9 nitrogen and oxygen atoms in total. The molecule has 0 aromatic carbocycles. The Morgan fingerprint density at radius 1 is 1.37 bits per heavy atom. The van der Waals surface area contributed by atoms with E-state index >= 15 is 0 Å². The third-order valence-electron chi connectivity index (χ3n) is 6.02. The van der Waals surface area contributed by atoms with E-state index in [4.69, 9.17) is 10.1 Å². The summed E-state index contributed by atoms with van der Waals surface area (Å²) in [5.74, 6) is 0. The van der Waals surface area contributed by atoms with Crippen molar-refractivity contribution in [3.8, 4) is 0 Å². The Hall–Kier alpha value is -2.30. The first-order valence-electron chi connectivity index (χ1n) is 10.2. The van der Waals surface area contributed by atoms with Crippen LogP contribution in [-0.4, -0.2) is 30.1 Å². The lowest BCUT2D eigenvalue weighted by molar-refractivity contribution is 0.260. The molecule has 2 aromatic heterocycles. The van der Waals surface area contributed by atoms with Crippen molar-refractivity contribution in [3.63, 3.8) is 0 Å². The van der Waals surface area contributed by atoms with Gasteiger partial charge in [-0.15, -0.1) is 4.36 Å². The van der Waals surface area contributed by atoms with Crippen LogP contribution >= 0.6 is 0 Å². The fourth-order valence-electron chi connectivity index (χ4n) is 4.41. The molecule has 2 amide bonds. The standard InChI is InChI=1S/C20H28N6O3S/c1-4-26-12(11-27)10-16(24-26)30(21,29)25-19(28)23-17-13-6-5-7-15(13)22-18-14(17)8-9-20(18,2)3/h10,27H,4-9,11H2,1-3H3,(H3,21,22,23,25,28,29)/t30-/m0/s1. The minimum absolute atomic E-state index is 0.0186. The summed E-state index contributed by atoms with van der Waals surface area (Å²) in [6.45, 7) is 6.37. The fraction of sp³-hybridized carbons (Fsp3) is 0.550. The Morgan fingerprint density at radius 3 is 2.80 bits per heavy atom. The van der Waals surface area contributed by atoms with E-state index in [0.29, 0.717) is 12.2 Å². The molecule has 0 fully saturated rings. The van der Waals surface area contributed by atoms with Crippen LogP contribution in [0.5, 0.6) is 0 Å². The number of aliphatic hydroxyl groups excluding tert-OH is 1. The summed E-state index contributed by atoms with van der Waals surface area (Å²) >= 11 is 0. The second-order valence-electron chi connectivity index (χ2n) is 8.51. The Morgan fingerprint density at radius 2 is 2.13 bits per heavy atom. The third kappa shape index (κ3) is 3.52. The van der Waals surface area contributed by atoms with Gasteiger partial charge in [0.1, 0.15) is 0 Å². The molecule has 162 valence electrons. The molecule has 0 unspecified atom stereocenters. The number of hydrogen-bond acceptors (Lipinski definition) is 5. The molecule has 4 N–H and O–H groups in total. The van der Waals surface area contributed by atoms with E-state index in [9.17, 15) is 14.1 Å². The van der Waals surface area contributed by atoms with Crippen LogP contribution < -0.4 is 10.5 Å². The van der Waals surface area contributed by atoms with Crippen molar-refractivity contribution in [2.24, 2.45) is 9.50 Å². The average Bonchev–Trinajstić information content (AvgIpc) is 3.38. The van der Waals surface area contributed by atoms with Gasteiger partial charge < -0.3 is 10.4 Å². The van der Waals surface area contributed by atoms with E-state index in [1.54, 1.807) is 0 Å². The number of urea groups is 1. The van der Waals surface area contributed by atoms with Crippen LogP contribution in [0.1, 0.15) is 61.8 Å². The van der Waals surface area contributed by atoms with Crippen molar-refractivity contribution in [1.82, 2.24) is 14.8 Å². The van der Waals surface area contributed by atoms with Crippen LogP contribution in [-0.2, 0) is 47.7 Å². The first kappa shape index (κ1) is 21.0. The van der Waals surface area contributed by atoms with Crippen LogP contribution in [0.3, 0.4) is 0 Å². The lowest BCUT2D eigenvalue weighted by atomic mass is 9.90. The molecule has 2 aliphatic carbocycles. The molecule has 0 radical (unpaired) electrons. The number of aliphatic hydroxyl groups is 1. The number of aryl methyl sites for hydroxylation is 2. The summed E-state index contributed by atoms with van der Waals surface area (Å²) in [7, 11) is -3.55. The molecule has 10 heteroatoms. The van der Waals surface area contributed by atoms with E-state index in [2.05, 4.69) is 28.6 Å². The van der Waals surface area contributed by atoms with Gasteiger partial charge in [0.15, 0.2) is 14.9 Å². The van der Waals surface area contributed by atoms with Gasteiger partial charge in [-0.3, -0.25) is 9.67 Å². The molecule has 0 spiro atoms. The van der Waals surface area contributed by atoms with Gasteiger partial charge in [-0.05, 0) is 50.2 Å². The molecule has 0 aliphatic heterocycles. The zero-order valence-electron chi connectivity index (χ0n) is 17.6. The first-order valence-corrected chi connectivity index (χ1v) is 11.8. The van der Waals surface area contributed by atoms with Gasteiger partial charge >= 0.3 is 6.03 Å². The maximum atomic E-state index is 12.9. The Labute approximate surface area is 176 Å². The molecular weight excluding hydrogens is 404 g/mol. The first-order chi connectivity index (χ1) is 14.2. The minimum Gasteiger partial charge on any atom is -0.390 e. The van der Waals surface area contributed by atoms with E-state index in [1.165, 1.54) is 10.7 Å². The summed E-state index contributed by atoms with van der Waals surface area (Å²) < 4.78 is 18.2. The minimum atomic E-state index is -3.55. The number of nitrogens with one attached hydrogen (secondary N) is 1. The van der Waals surface area contributed by atoms with E-state index < -0.39 is 15.9 Å². The number of fused-ring (bicyclic) bond motifs is 2.